The third-order valence-electron chi connectivity index (χ3n) is 10.4. The summed E-state index contributed by atoms with van der Waals surface area (Å²) >= 11 is 0. The van der Waals surface area contributed by atoms with Gasteiger partial charge in [0.2, 0.25) is 23.2 Å². The third-order valence-corrected chi connectivity index (χ3v) is 10.4. The number of pyridine rings is 1. The fourth-order valence-electron chi connectivity index (χ4n) is 7.25. The fourth-order valence-corrected chi connectivity index (χ4v) is 7.25. The molecule has 0 bridgehead atoms. The van der Waals surface area contributed by atoms with Gasteiger partial charge in [0.25, 0.3) is 0 Å². The van der Waals surface area contributed by atoms with E-state index in [0.717, 1.165) is 18.9 Å². The molecule has 0 spiro atoms. The highest BCUT2D eigenvalue weighted by molar-refractivity contribution is 6.07. The minimum atomic E-state index is -1.38. The molecule has 4 amide bonds. The first-order valence-corrected chi connectivity index (χ1v) is 18.8. The monoisotopic (exact) mass is 763 g/mol. The molecular formula is C39H50FN7O8. The lowest BCUT2D eigenvalue weighted by Gasteiger charge is -2.35. The summed E-state index contributed by atoms with van der Waals surface area (Å²) in [6.07, 6.45) is 4.13. The highest BCUT2D eigenvalue weighted by Gasteiger charge is 2.48. The number of fused-ring (bicyclic) bond motifs is 1. The topological polar surface area (TPSA) is 191 Å². The van der Waals surface area contributed by atoms with E-state index in [0.29, 0.717) is 75.2 Å². The number of anilines is 2. The van der Waals surface area contributed by atoms with Gasteiger partial charge in [-0.2, -0.15) is 0 Å². The largest absolute Gasteiger partial charge is 0.477 e. The zero-order chi connectivity index (χ0) is 39.7. The van der Waals surface area contributed by atoms with Crippen molar-refractivity contribution >= 4 is 52.1 Å². The van der Waals surface area contributed by atoms with Crippen LogP contribution in [0.1, 0.15) is 68.3 Å². The van der Waals surface area contributed by atoms with E-state index in [1.807, 2.05) is 0 Å². The number of carboxylic acid groups (broad SMARTS) is 1. The highest BCUT2D eigenvalue weighted by atomic mass is 19.1. The van der Waals surface area contributed by atoms with Crippen molar-refractivity contribution < 1.29 is 38.2 Å². The Morgan fingerprint density at radius 1 is 0.982 bits per heavy atom. The Morgan fingerprint density at radius 3 is 2.29 bits per heavy atom. The van der Waals surface area contributed by atoms with Gasteiger partial charge in [-0.1, -0.05) is 25.0 Å². The summed E-state index contributed by atoms with van der Waals surface area (Å²) in [7, 11) is 1.81. The molecule has 2 aromatic carbocycles. The maximum Gasteiger partial charge on any atom is 0.410 e. The van der Waals surface area contributed by atoms with E-state index in [2.05, 4.69) is 21.3 Å². The first kappa shape index (κ1) is 40.7. The number of carbonyl (C=O) groups is 5. The summed E-state index contributed by atoms with van der Waals surface area (Å²) in [5.74, 6) is -3.17. The van der Waals surface area contributed by atoms with E-state index in [-0.39, 0.29) is 36.7 Å². The Kier molecular flexibility index (Phi) is 13.5. The Bertz CT molecular complexity index is 1950. The molecule has 2 aliphatic rings. The second-order valence-corrected chi connectivity index (χ2v) is 13.9. The first-order chi connectivity index (χ1) is 26.4. The highest BCUT2D eigenvalue weighted by Crippen LogP contribution is 2.39. The van der Waals surface area contributed by atoms with E-state index < -0.39 is 52.1 Å². The van der Waals surface area contributed by atoms with Crippen molar-refractivity contribution in [3.63, 3.8) is 0 Å². The number of halogens is 1. The minimum Gasteiger partial charge on any atom is -0.477 e. The normalized spacial score (nSPS) is 15.7. The van der Waals surface area contributed by atoms with Crippen LogP contribution in [0.25, 0.3) is 10.9 Å². The van der Waals surface area contributed by atoms with Crippen molar-refractivity contribution in [1.29, 1.82) is 0 Å². The van der Waals surface area contributed by atoms with Crippen molar-refractivity contribution in [2.45, 2.75) is 71.6 Å². The number of nitrogens with one attached hydrogen (secondary N) is 4. The Morgan fingerprint density at radius 2 is 1.67 bits per heavy atom. The summed E-state index contributed by atoms with van der Waals surface area (Å²) in [4.78, 5) is 80.4. The molecular weight excluding hydrogens is 713 g/mol. The summed E-state index contributed by atoms with van der Waals surface area (Å²) < 4.78 is 22.4. The number of hydrogen-bond acceptors (Lipinski definition) is 9. The van der Waals surface area contributed by atoms with Gasteiger partial charge in [-0.05, 0) is 83.0 Å². The summed E-state index contributed by atoms with van der Waals surface area (Å²) in [6, 6.07) is 8.56. The molecule has 5 N–H and O–H groups in total. The van der Waals surface area contributed by atoms with Crippen LogP contribution in [-0.2, 0) is 32.3 Å². The van der Waals surface area contributed by atoms with Gasteiger partial charge in [0.1, 0.15) is 29.4 Å². The number of carbonyl (C=O) groups excluding carboxylic acids is 4. The molecule has 3 aromatic rings. The third kappa shape index (κ3) is 9.24. The van der Waals surface area contributed by atoms with Gasteiger partial charge < -0.3 is 45.5 Å². The number of aryl methyl sites for hydroxylation is 1. The number of aromatic carboxylic acids is 1. The SMILES string of the molecule is CCNC(=O)C1(C(=O)N[C@@H](CCCNC)C(=O)Nc2ccc(COC(=O)N3CCN(c4cc5c(cc4F)c(=O)c(C(=O)O)cn5CC)CC3)cc2)CCCC1. The first-order valence-electron chi connectivity index (χ1n) is 18.8. The van der Waals surface area contributed by atoms with Crippen molar-refractivity contribution in [1.82, 2.24) is 25.4 Å². The van der Waals surface area contributed by atoms with Crippen molar-refractivity contribution in [3.05, 3.63) is 69.8 Å². The number of benzene rings is 2. The lowest BCUT2D eigenvalue weighted by molar-refractivity contribution is -0.144. The van der Waals surface area contributed by atoms with Crippen LogP contribution in [0.4, 0.5) is 20.6 Å². The van der Waals surface area contributed by atoms with E-state index >= 15 is 4.39 Å². The molecule has 296 valence electrons. The molecule has 2 fully saturated rings. The molecule has 1 aliphatic heterocycles. The lowest BCUT2D eigenvalue weighted by atomic mass is 9.83. The van der Waals surface area contributed by atoms with E-state index in [1.165, 1.54) is 11.1 Å². The summed E-state index contributed by atoms with van der Waals surface area (Å²) in [6.45, 7) is 6.14. The Labute approximate surface area is 318 Å². The van der Waals surface area contributed by atoms with Gasteiger partial charge in [0, 0.05) is 56.5 Å². The molecule has 16 heteroatoms. The maximum atomic E-state index is 15.3. The molecule has 0 radical (unpaired) electrons. The van der Waals surface area contributed by atoms with E-state index in [4.69, 9.17) is 4.74 Å². The molecule has 1 aromatic heterocycles. The van der Waals surface area contributed by atoms with Crippen LogP contribution in [0.15, 0.2) is 47.4 Å². The molecule has 55 heavy (non-hydrogen) atoms. The number of rotatable bonds is 15. The van der Waals surface area contributed by atoms with Crippen LogP contribution in [-0.4, -0.2) is 96.7 Å². The fraction of sp³-hybridized carbons (Fsp3) is 0.487. The molecule has 1 atom stereocenters. The second-order valence-electron chi connectivity index (χ2n) is 13.9. The second kappa shape index (κ2) is 18.2. The molecule has 1 saturated heterocycles. The van der Waals surface area contributed by atoms with Crippen LogP contribution in [0.5, 0.6) is 0 Å². The van der Waals surface area contributed by atoms with Crippen molar-refractivity contribution in [2.75, 3.05) is 56.5 Å². The van der Waals surface area contributed by atoms with E-state index in [9.17, 15) is 33.9 Å². The maximum absolute atomic E-state index is 15.3. The molecule has 15 nitrogen and oxygen atoms in total. The van der Waals surface area contributed by atoms with Gasteiger partial charge >= 0.3 is 12.1 Å². The predicted octanol–water partition coefficient (Wildman–Crippen LogP) is 3.44. The average molecular weight is 764 g/mol. The number of aromatic nitrogens is 1. The molecule has 5 rings (SSSR count). The van der Waals surface area contributed by atoms with Crippen LogP contribution in [0, 0.1) is 11.2 Å². The lowest BCUT2D eigenvalue weighted by Crippen LogP contribution is -2.54. The van der Waals surface area contributed by atoms with E-state index in [1.54, 1.807) is 60.7 Å². The molecule has 2 heterocycles. The molecule has 0 unspecified atom stereocenters. The number of ether oxygens (including phenoxy) is 1. The molecule has 1 aliphatic carbocycles. The standard InChI is InChI=1S/C39H50FN7O8/c1-4-42-36(52)39(14-6-7-15-39)37(53)44-30(9-8-16-41-3)34(49)43-26-12-10-25(11-13-26)24-55-38(54)47-19-17-46(18-20-47)32-22-31-27(21-29(32)40)33(48)28(35(50)51)23-45(31)5-2/h10-13,21-23,30,41H,4-9,14-20,24H2,1-3H3,(H,42,52)(H,43,49)(H,44,53)(H,50,51)/t30-/m0/s1. The number of hydrogen-bond donors (Lipinski definition) is 5. The summed E-state index contributed by atoms with van der Waals surface area (Å²) in [5.41, 5.74) is -0.515. The van der Waals surface area contributed by atoms with Crippen LogP contribution >= 0.6 is 0 Å². The number of nitrogens with zero attached hydrogens (tertiary/aromatic N) is 3. The number of amides is 4. The van der Waals surface area contributed by atoms with Gasteiger partial charge in [0.05, 0.1) is 11.2 Å². The Balaban J connectivity index is 1.15. The zero-order valence-electron chi connectivity index (χ0n) is 31.5. The van der Waals surface area contributed by atoms with Crippen LogP contribution < -0.4 is 31.6 Å². The minimum absolute atomic E-state index is 0.0135. The summed E-state index contributed by atoms with van der Waals surface area (Å²) in [5, 5.41) is 21.0. The van der Waals surface area contributed by atoms with Crippen molar-refractivity contribution in [3.8, 4) is 0 Å². The smallest absolute Gasteiger partial charge is 0.410 e. The van der Waals surface area contributed by atoms with Crippen LogP contribution in [0.2, 0.25) is 0 Å². The van der Waals surface area contributed by atoms with Gasteiger partial charge in [-0.3, -0.25) is 19.2 Å². The Hall–Kier alpha value is -5.51. The van der Waals surface area contributed by atoms with Gasteiger partial charge in [-0.25, -0.2) is 14.0 Å². The predicted molar refractivity (Wildman–Crippen MR) is 205 cm³/mol. The van der Waals surface area contributed by atoms with Crippen LogP contribution in [0.3, 0.4) is 0 Å². The zero-order valence-corrected chi connectivity index (χ0v) is 31.5. The number of carboxylic acids is 1. The quantitative estimate of drug-likeness (QED) is 0.113. The van der Waals surface area contributed by atoms with Crippen molar-refractivity contribution in [2.24, 2.45) is 5.41 Å². The van der Waals surface area contributed by atoms with Gasteiger partial charge in [-0.15, -0.1) is 0 Å². The molecule has 1 saturated carbocycles. The van der Waals surface area contributed by atoms with Gasteiger partial charge in [0.15, 0.2) is 0 Å². The average Bonchev–Trinajstić information content (AvgIpc) is 3.69. The number of piperazine rings is 1.